The van der Waals surface area contributed by atoms with Gasteiger partial charge in [0.05, 0.1) is 15.5 Å². The lowest BCUT2D eigenvalue weighted by Gasteiger charge is -2.17. The van der Waals surface area contributed by atoms with Crippen LogP contribution >= 0.6 is 0 Å². The number of nitrogens with zero attached hydrogens (tertiary/aromatic N) is 1. The van der Waals surface area contributed by atoms with Crippen LogP contribution in [0.4, 0.5) is 0 Å². The maximum Gasteiger partial charge on any atom is 0.243 e. The molecule has 1 aliphatic heterocycles. The Morgan fingerprint density at radius 3 is 1.81 bits per heavy atom. The van der Waals surface area contributed by atoms with Gasteiger partial charge in [0.1, 0.15) is 0 Å². The zero-order valence-corrected chi connectivity index (χ0v) is 17.4. The van der Waals surface area contributed by atoms with Gasteiger partial charge in [-0.3, -0.25) is 0 Å². The first-order valence-electron chi connectivity index (χ1n) is 8.96. The van der Waals surface area contributed by atoms with E-state index in [2.05, 4.69) is 0 Å². The van der Waals surface area contributed by atoms with Crippen LogP contribution in [0.1, 0.15) is 18.1 Å². The van der Waals surface area contributed by atoms with E-state index >= 15 is 0 Å². The Kier molecular flexibility index (Phi) is 5.47. The number of sulfone groups is 1. The van der Waals surface area contributed by atoms with Crippen molar-refractivity contribution in [1.82, 2.24) is 4.31 Å². The molecule has 1 aliphatic rings. The van der Waals surface area contributed by atoms with Gasteiger partial charge in [0.2, 0.25) is 10.0 Å². The SMILES string of the molecule is Cc1ccc(S(=O)(=O)CC2CN(S(=O)(=O)c3ccc(C)cc3)CC2C)cc1. The summed E-state index contributed by atoms with van der Waals surface area (Å²) in [6.07, 6.45) is 0. The van der Waals surface area contributed by atoms with Crippen molar-refractivity contribution >= 4 is 19.9 Å². The molecular formula is C20H25NO4S2. The highest BCUT2D eigenvalue weighted by atomic mass is 32.2. The standard InChI is InChI=1S/C20H25NO4S2/c1-15-4-8-19(9-5-15)26(22,23)14-18-13-21(12-17(18)3)27(24,25)20-10-6-16(2)7-11-20/h4-11,17-18H,12-14H2,1-3H3. The molecule has 2 aromatic carbocycles. The number of sulfonamides is 1. The summed E-state index contributed by atoms with van der Waals surface area (Å²) in [5.41, 5.74) is 1.99. The molecule has 7 heteroatoms. The molecule has 0 aliphatic carbocycles. The zero-order valence-electron chi connectivity index (χ0n) is 15.8. The summed E-state index contributed by atoms with van der Waals surface area (Å²) in [7, 11) is -7.06. The Bertz CT molecular complexity index is 1010. The fourth-order valence-corrected chi connectivity index (χ4v) is 6.72. The molecular weight excluding hydrogens is 382 g/mol. The van der Waals surface area contributed by atoms with Crippen LogP contribution in [0.25, 0.3) is 0 Å². The molecule has 0 aromatic heterocycles. The summed E-state index contributed by atoms with van der Waals surface area (Å²) in [6, 6.07) is 13.5. The zero-order chi connectivity index (χ0) is 19.8. The maximum atomic E-state index is 12.9. The molecule has 1 heterocycles. The molecule has 0 amide bonds. The van der Waals surface area contributed by atoms with Crippen LogP contribution in [-0.4, -0.2) is 40.0 Å². The predicted octanol–water partition coefficient (Wildman–Crippen LogP) is 3.03. The highest BCUT2D eigenvalue weighted by Gasteiger charge is 2.39. The quantitative estimate of drug-likeness (QED) is 0.764. The van der Waals surface area contributed by atoms with E-state index in [4.69, 9.17) is 0 Å². The van der Waals surface area contributed by atoms with E-state index in [1.807, 2.05) is 20.8 Å². The van der Waals surface area contributed by atoms with Crippen molar-refractivity contribution < 1.29 is 16.8 Å². The smallest absolute Gasteiger partial charge is 0.224 e. The fraction of sp³-hybridized carbons (Fsp3) is 0.400. The molecule has 0 saturated carbocycles. The summed E-state index contributed by atoms with van der Waals surface area (Å²) < 4.78 is 52.7. The molecule has 1 fully saturated rings. The summed E-state index contributed by atoms with van der Waals surface area (Å²) in [4.78, 5) is 0.544. The molecule has 0 N–H and O–H groups in total. The van der Waals surface area contributed by atoms with Crippen LogP contribution in [0, 0.1) is 25.7 Å². The van der Waals surface area contributed by atoms with Gasteiger partial charge >= 0.3 is 0 Å². The third-order valence-electron chi connectivity index (χ3n) is 5.21. The van der Waals surface area contributed by atoms with E-state index in [-0.39, 0.29) is 29.0 Å². The van der Waals surface area contributed by atoms with Gasteiger partial charge in [0.15, 0.2) is 9.84 Å². The highest BCUT2D eigenvalue weighted by Crippen LogP contribution is 2.31. The van der Waals surface area contributed by atoms with Gasteiger partial charge in [-0.15, -0.1) is 0 Å². The van der Waals surface area contributed by atoms with Crippen molar-refractivity contribution in [3.05, 3.63) is 59.7 Å². The van der Waals surface area contributed by atoms with Gasteiger partial charge in [-0.05, 0) is 49.9 Å². The van der Waals surface area contributed by atoms with E-state index < -0.39 is 19.9 Å². The van der Waals surface area contributed by atoms with Crippen LogP contribution in [0.5, 0.6) is 0 Å². The minimum atomic E-state index is -3.61. The molecule has 1 saturated heterocycles. The van der Waals surface area contributed by atoms with Crippen molar-refractivity contribution in [2.45, 2.75) is 30.6 Å². The van der Waals surface area contributed by atoms with E-state index in [1.165, 1.54) is 4.31 Å². The normalized spacial score (nSPS) is 21.4. The lowest BCUT2D eigenvalue weighted by atomic mass is 10.0. The van der Waals surface area contributed by atoms with Gasteiger partial charge in [-0.25, -0.2) is 16.8 Å². The van der Waals surface area contributed by atoms with Crippen molar-refractivity contribution in [2.75, 3.05) is 18.8 Å². The Labute approximate surface area is 162 Å². The number of aryl methyl sites for hydroxylation is 2. The number of rotatable bonds is 5. The summed E-state index contributed by atoms with van der Waals surface area (Å²) in [5, 5.41) is 0. The number of hydrogen-bond donors (Lipinski definition) is 0. The Morgan fingerprint density at radius 2 is 1.30 bits per heavy atom. The van der Waals surface area contributed by atoms with E-state index in [0.717, 1.165) is 11.1 Å². The van der Waals surface area contributed by atoms with Gasteiger partial charge in [-0.1, -0.05) is 42.3 Å². The maximum absolute atomic E-state index is 12.9. The molecule has 0 spiro atoms. The van der Waals surface area contributed by atoms with Gasteiger partial charge in [-0.2, -0.15) is 4.31 Å². The molecule has 146 valence electrons. The fourth-order valence-electron chi connectivity index (χ4n) is 3.38. The molecule has 0 bridgehead atoms. The van der Waals surface area contributed by atoms with Gasteiger partial charge in [0, 0.05) is 13.1 Å². The van der Waals surface area contributed by atoms with E-state index in [9.17, 15) is 16.8 Å². The van der Waals surface area contributed by atoms with Crippen LogP contribution in [0.3, 0.4) is 0 Å². The summed E-state index contributed by atoms with van der Waals surface area (Å²) >= 11 is 0. The average Bonchev–Trinajstić information content (AvgIpc) is 2.96. The first kappa shape index (κ1) is 20.0. The third-order valence-corrected chi connectivity index (χ3v) is 8.91. The van der Waals surface area contributed by atoms with Crippen molar-refractivity contribution in [1.29, 1.82) is 0 Å². The first-order chi connectivity index (χ1) is 12.6. The second-order valence-corrected chi connectivity index (χ2v) is 11.4. The number of hydrogen-bond acceptors (Lipinski definition) is 4. The highest BCUT2D eigenvalue weighted by molar-refractivity contribution is 7.91. The molecule has 2 unspecified atom stereocenters. The molecule has 3 rings (SSSR count). The minimum absolute atomic E-state index is 0.0227. The molecule has 5 nitrogen and oxygen atoms in total. The molecule has 2 aromatic rings. The monoisotopic (exact) mass is 407 g/mol. The number of benzene rings is 2. The lowest BCUT2D eigenvalue weighted by Crippen LogP contribution is -2.30. The minimum Gasteiger partial charge on any atom is -0.224 e. The van der Waals surface area contributed by atoms with E-state index in [1.54, 1.807) is 48.5 Å². The average molecular weight is 408 g/mol. The van der Waals surface area contributed by atoms with Gasteiger partial charge in [0.25, 0.3) is 0 Å². The van der Waals surface area contributed by atoms with Crippen LogP contribution < -0.4 is 0 Å². The van der Waals surface area contributed by atoms with Crippen molar-refractivity contribution in [2.24, 2.45) is 11.8 Å². The lowest BCUT2D eigenvalue weighted by molar-refractivity contribution is 0.463. The predicted molar refractivity (Wildman–Crippen MR) is 106 cm³/mol. The van der Waals surface area contributed by atoms with Crippen LogP contribution in [0.2, 0.25) is 0 Å². The van der Waals surface area contributed by atoms with E-state index in [0.29, 0.717) is 11.4 Å². The Morgan fingerprint density at radius 1 is 0.815 bits per heavy atom. The third kappa shape index (κ3) is 4.25. The first-order valence-corrected chi connectivity index (χ1v) is 12.0. The summed E-state index contributed by atoms with van der Waals surface area (Å²) in [5.74, 6) is -0.293. The molecule has 2 atom stereocenters. The molecule has 0 radical (unpaired) electrons. The van der Waals surface area contributed by atoms with Crippen molar-refractivity contribution in [3.8, 4) is 0 Å². The summed E-state index contributed by atoms with van der Waals surface area (Å²) in [6.45, 7) is 6.29. The van der Waals surface area contributed by atoms with Gasteiger partial charge < -0.3 is 0 Å². The second-order valence-electron chi connectivity index (χ2n) is 7.47. The largest absolute Gasteiger partial charge is 0.243 e. The Balaban J connectivity index is 1.78. The topological polar surface area (TPSA) is 71.5 Å². The van der Waals surface area contributed by atoms with Crippen molar-refractivity contribution in [3.63, 3.8) is 0 Å². The van der Waals surface area contributed by atoms with Crippen LogP contribution in [0.15, 0.2) is 58.3 Å². The van der Waals surface area contributed by atoms with Crippen LogP contribution in [-0.2, 0) is 19.9 Å². The Hall–Kier alpha value is -1.70. The second kappa shape index (κ2) is 7.37. The molecule has 27 heavy (non-hydrogen) atoms.